The first-order valence-electron chi connectivity index (χ1n) is 5.87. The molecule has 0 saturated carbocycles. The number of nitrogens with zero attached hydrogens (tertiary/aromatic N) is 2. The molecule has 0 bridgehead atoms. The third-order valence-electron chi connectivity index (χ3n) is 2.46. The molecule has 1 aromatic carbocycles. The molecule has 0 aliphatic heterocycles. The number of amides is 1. The van der Waals surface area contributed by atoms with Crippen molar-refractivity contribution in [3.63, 3.8) is 0 Å². The highest BCUT2D eigenvalue weighted by Gasteiger charge is 2.13. The number of para-hydroxylation sites is 1. The van der Waals surface area contributed by atoms with Gasteiger partial charge in [0, 0.05) is 12.6 Å². The molecule has 1 aromatic heterocycles. The summed E-state index contributed by atoms with van der Waals surface area (Å²) in [5.74, 6) is 0.634. The lowest BCUT2D eigenvalue weighted by atomic mass is 10.3. The Hall–Kier alpha value is -2.36. The first kappa shape index (κ1) is 12.1. The van der Waals surface area contributed by atoms with Crippen molar-refractivity contribution in [1.82, 2.24) is 4.98 Å². The van der Waals surface area contributed by atoms with Gasteiger partial charge in [-0.25, -0.2) is 9.99 Å². The molecule has 4 heteroatoms. The zero-order valence-electron chi connectivity index (χ0n) is 10.2. The number of anilines is 2. The van der Waals surface area contributed by atoms with E-state index in [9.17, 15) is 4.79 Å². The smallest absolute Gasteiger partial charge is 0.245 e. The number of carbonyl (C=O) groups excluding carboxylic acids is 1. The average Bonchev–Trinajstić information content (AvgIpc) is 2.46. The van der Waals surface area contributed by atoms with Crippen LogP contribution in [0.3, 0.4) is 0 Å². The maximum Gasteiger partial charge on any atom is 0.245 e. The van der Waals surface area contributed by atoms with E-state index in [-0.39, 0.29) is 5.91 Å². The molecule has 92 valence electrons. The van der Waals surface area contributed by atoms with Gasteiger partial charge in [0.25, 0.3) is 0 Å². The SMILES string of the molecule is CCC(=O)N(Nc1ccccn1)c1ccccc1. The molecule has 2 aromatic rings. The van der Waals surface area contributed by atoms with E-state index >= 15 is 0 Å². The Labute approximate surface area is 106 Å². The van der Waals surface area contributed by atoms with Gasteiger partial charge in [0.15, 0.2) is 0 Å². The molecule has 0 aliphatic carbocycles. The highest BCUT2D eigenvalue weighted by Crippen LogP contribution is 2.15. The van der Waals surface area contributed by atoms with Crippen LogP contribution >= 0.6 is 0 Å². The van der Waals surface area contributed by atoms with Gasteiger partial charge in [-0.3, -0.25) is 10.2 Å². The minimum absolute atomic E-state index is 0.00754. The zero-order valence-corrected chi connectivity index (χ0v) is 10.2. The second kappa shape index (κ2) is 5.82. The van der Waals surface area contributed by atoms with Crippen LogP contribution in [0.4, 0.5) is 11.5 Å². The highest BCUT2D eigenvalue weighted by atomic mass is 16.2. The second-order valence-electron chi connectivity index (χ2n) is 3.75. The monoisotopic (exact) mass is 241 g/mol. The lowest BCUT2D eigenvalue weighted by Gasteiger charge is -2.23. The van der Waals surface area contributed by atoms with Gasteiger partial charge >= 0.3 is 0 Å². The van der Waals surface area contributed by atoms with Crippen molar-refractivity contribution in [3.05, 3.63) is 54.7 Å². The third kappa shape index (κ3) is 2.85. The predicted octanol–water partition coefficient (Wildman–Crippen LogP) is 2.85. The average molecular weight is 241 g/mol. The molecular weight excluding hydrogens is 226 g/mol. The van der Waals surface area contributed by atoms with Crippen LogP contribution in [-0.4, -0.2) is 10.9 Å². The molecule has 18 heavy (non-hydrogen) atoms. The molecule has 1 N–H and O–H groups in total. The van der Waals surface area contributed by atoms with Crippen LogP contribution in [0.15, 0.2) is 54.7 Å². The van der Waals surface area contributed by atoms with E-state index in [1.165, 1.54) is 5.01 Å². The van der Waals surface area contributed by atoms with Gasteiger partial charge in [-0.2, -0.15) is 0 Å². The van der Waals surface area contributed by atoms with E-state index in [1.54, 1.807) is 6.20 Å². The van der Waals surface area contributed by atoms with Crippen LogP contribution in [0.2, 0.25) is 0 Å². The van der Waals surface area contributed by atoms with Gasteiger partial charge in [0.1, 0.15) is 5.82 Å². The maximum absolute atomic E-state index is 12.0. The molecule has 0 saturated heterocycles. The Morgan fingerprint density at radius 3 is 2.50 bits per heavy atom. The Morgan fingerprint density at radius 1 is 1.17 bits per heavy atom. The highest BCUT2D eigenvalue weighted by molar-refractivity contribution is 5.94. The molecule has 1 amide bonds. The fraction of sp³-hybridized carbons (Fsp3) is 0.143. The van der Waals surface area contributed by atoms with Gasteiger partial charge in [-0.1, -0.05) is 31.2 Å². The summed E-state index contributed by atoms with van der Waals surface area (Å²) in [6.45, 7) is 1.83. The zero-order chi connectivity index (χ0) is 12.8. The fourth-order valence-corrected chi connectivity index (χ4v) is 1.55. The summed E-state index contributed by atoms with van der Waals surface area (Å²) in [5, 5.41) is 1.52. The van der Waals surface area contributed by atoms with Crippen molar-refractivity contribution in [2.75, 3.05) is 10.4 Å². The molecule has 0 atom stereocenters. The van der Waals surface area contributed by atoms with Gasteiger partial charge < -0.3 is 0 Å². The van der Waals surface area contributed by atoms with Gasteiger partial charge in [-0.05, 0) is 24.3 Å². The summed E-state index contributed by atoms with van der Waals surface area (Å²) >= 11 is 0. The van der Waals surface area contributed by atoms with Gasteiger partial charge in [0.05, 0.1) is 5.69 Å². The van der Waals surface area contributed by atoms with Crippen molar-refractivity contribution in [3.8, 4) is 0 Å². The number of carbonyl (C=O) groups is 1. The van der Waals surface area contributed by atoms with Crippen LogP contribution < -0.4 is 10.4 Å². The summed E-state index contributed by atoms with van der Waals surface area (Å²) in [6.07, 6.45) is 2.11. The molecule has 0 aliphatic rings. The van der Waals surface area contributed by atoms with Crippen LogP contribution in [0.1, 0.15) is 13.3 Å². The summed E-state index contributed by atoms with van der Waals surface area (Å²) in [6, 6.07) is 15.0. The van der Waals surface area contributed by atoms with Crippen LogP contribution in [0.25, 0.3) is 0 Å². The van der Waals surface area contributed by atoms with E-state index in [4.69, 9.17) is 0 Å². The van der Waals surface area contributed by atoms with Crippen molar-refractivity contribution < 1.29 is 4.79 Å². The van der Waals surface area contributed by atoms with Gasteiger partial charge in [0.2, 0.25) is 5.91 Å². The summed E-state index contributed by atoms with van der Waals surface area (Å²) in [7, 11) is 0. The molecule has 0 spiro atoms. The first-order chi connectivity index (χ1) is 8.81. The van der Waals surface area contributed by atoms with Crippen molar-refractivity contribution in [2.45, 2.75) is 13.3 Å². The Bertz CT molecular complexity index is 499. The Kier molecular flexibility index (Phi) is 3.91. The number of nitrogens with one attached hydrogen (secondary N) is 1. The number of hydrazine groups is 1. The molecule has 0 fully saturated rings. The second-order valence-corrected chi connectivity index (χ2v) is 3.75. The van der Waals surface area contributed by atoms with Gasteiger partial charge in [-0.15, -0.1) is 0 Å². The van der Waals surface area contributed by atoms with E-state index in [1.807, 2.05) is 55.5 Å². The van der Waals surface area contributed by atoms with Crippen molar-refractivity contribution in [2.24, 2.45) is 0 Å². The first-order valence-corrected chi connectivity index (χ1v) is 5.87. The third-order valence-corrected chi connectivity index (χ3v) is 2.46. The number of aromatic nitrogens is 1. The Morgan fingerprint density at radius 2 is 1.89 bits per heavy atom. The van der Waals surface area contributed by atoms with Crippen molar-refractivity contribution >= 4 is 17.4 Å². The van der Waals surface area contributed by atoms with Crippen LogP contribution in [0, 0.1) is 0 Å². The fourth-order valence-electron chi connectivity index (χ4n) is 1.55. The lowest BCUT2D eigenvalue weighted by Crippen LogP contribution is -2.36. The van der Waals surface area contributed by atoms with Crippen LogP contribution in [-0.2, 0) is 4.79 Å². The van der Waals surface area contributed by atoms with E-state index < -0.39 is 0 Å². The standard InChI is InChI=1S/C14H15N3O/c1-2-14(18)17(12-8-4-3-5-9-12)16-13-10-6-7-11-15-13/h3-11H,2H2,1H3,(H,15,16). The topological polar surface area (TPSA) is 45.2 Å². The van der Waals surface area contributed by atoms with Crippen molar-refractivity contribution in [1.29, 1.82) is 0 Å². The molecule has 0 unspecified atom stereocenters. The molecule has 1 heterocycles. The maximum atomic E-state index is 12.0. The minimum atomic E-state index is -0.00754. The normalized spacial score (nSPS) is 9.83. The van der Waals surface area contributed by atoms with E-state index in [0.29, 0.717) is 12.2 Å². The van der Waals surface area contributed by atoms with Crippen LogP contribution in [0.5, 0.6) is 0 Å². The van der Waals surface area contributed by atoms with E-state index in [0.717, 1.165) is 5.69 Å². The van der Waals surface area contributed by atoms with E-state index in [2.05, 4.69) is 10.4 Å². The summed E-state index contributed by atoms with van der Waals surface area (Å²) in [4.78, 5) is 16.1. The summed E-state index contributed by atoms with van der Waals surface area (Å²) in [5.41, 5.74) is 3.82. The predicted molar refractivity (Wildman–Crippen MR) is 72.1 cm³/mol. The molecule has 4 nitrogen and oxygen atoms in total. The molecule has 0 radical (unpaired) electrons. The molecular formula is C14H15N3O. The lowest BCUT2D eigenvalue weighted by molar-refractivity contribution is -0.118. The number of benzene rings is 1. The molecule has 2 rings (SSSR count). The number of hydrogen-bond acceptors (Lipinski definition) is 3. The number of hydrogen-bond donors (Lipinski definition) is 1. The number of rotatable bonds is 4. The minimum Gasteiger partial charge on any atom is -0.275 e. The largest absolute Gasteiger partial charge is 0.275 e. The quantitative estimate of drug-likeness (QED) is 0.837. The number of pyridine rings is 1. The Balaban J connectivity index is 2.24. The summed E-state index contributed by atoms with van der Waals surface area (Å²) < 4.78 is 0.